The van der Waals surface area contributed by atoms with Crippen LogP contribution in [0, 0.1) is 11.3 Å². The summed E-state index contributed by atoms with van der Waals surface area (Å²) in [7, 11) is 1.34. The smallest absolute Gasteiger partial charge is 0.409 e. The van der Waals surface area contributed by atoms with Crippen LogP contribution in [0.3, 0.4) is 0 Å². The first-order valence-electron chi connectivity index (χ1n) is 7.51. The molecule has 1 fully saturated rings. The minimum absolute atomic E-state index is 0.0480. The average molecular weight is 300 g/mol. The normalized spacial score (nSPS) is 24.4. The molecule has 1 aliphatic rings. The molecule has 6 nitrogen and oxygen atoms in total. The molecule has 0 aromatic heterocycles. The van der Waals surface area contributed by atoms with Gasteiger partial charge in [-0.2, -0.15) is 0 Å². The Bertz CT molecular complexity index is 378. The summed E-state index contributed by atoms with van der Waals surface area (Å²) in [6.07, 6.45) is 0.397. The van der Waals surface area contributed by atoms with Crippen molar-refractivity contribution in [3.8, 4) is 0 Å². The first kappa shape index (κ1) is 17.8. The van der Waals surface area contributed by atoms with E-state index in [1.807, 2.05) is 27.7 Å². The van der Waals surface area contributed by atoms with Gasteiger partial charge >= 0.3 is 6.09 Å². The number of likely N-dealkylation sites (tertiary alicyclic amines) is 1. The molecule has 21 heavy (non-hydrogen) atoms. The zero-order valence-electron chi connectivity index (χ0n) is 13.7. The quantitative estimate of drug-likeness (QED) is 0.825. The maximum atomic E-state index is 12.1. The summed E-state index contributed by atoms with van der Waals surface area (Å²) in [5.74, 6) is -0.0999. The van der Waals surface area contributed by atoms with E-state index in [-0.39, 0.29) is 17.9 Å². The van der Waals surface area contributed by atoms with E-state index in [2.05, 4.69) is 5.32 Å². The Labute approximate surface area is 126 Å². The minimum atomic E-state index is -0.480. The summed E-state index contributed by atoms with van der Waals surface area (Å²) >= 11 is 0. The Kier molecular flexibility index (Phi) is 6.01. The molecule has 0 saturated carbocycles. The molecular weight excluding hydrogens is 272 g/mol. The van der Waals surface area contributed by atoms with Crippen molar-refractivity contribution in [1.29, 1.82) is 0 Å². The summed E-state index contributed by atoms with van der Waals surface area (Å²) in [6, 6.07) is -0.157. The maximum absolute atomic E-state index is 12.1. The highest BCUT2D eigenvalue weighted by Gasteiger charge is 2.35. The van der Waals surface area contributed by atoms with E-state index in [0.29, 0.717) is 25.9 Å². The molecule has 0 aromatic rings. The number of ether oxygens (including phenoxy) is 1. The molecule has 0 aromatic carbocycles. The highest BCUT2D eigenvalue weighted by molar-refractivity contribution is 5.81. The second-order valence-electron chi connectivity index (χ2n) is 6.77. The molecule has 2 N–H and O–H groups in total. The van der Waals surface area contributed by atoms with E-state index < -0.39 is 17.6 Å². The van der Waals surface area contributed by atoms with Crippen molar-refractivity contribution in [3.63, 3.8) is 0 Å². The van der Waals surface area contributed by atoms with Crippen LogP contribution in [-0.4, -0.2) is 54.4 Å². The van der Waals surface area contributed by atoms with Gasteiger partial charge in [-0.25, -0.2) is 4.79 Å². The number of rotatable bonds is 3. The fourth-order valence-corrected chi connectivity index (χ4v) is 2.53. The molecule has 0 spiro atoms. The predicted octanol–water partition coefficient (Wildman–Crippen LogP) is 1.38. The summed E-state index contributed by atoms with van der Waals surface area (Å²) in [5, 5.41) is 13.1. The molecule has 0 bridgehead atoms. The molecule has 1 aliphatic heterocycles. The lowest BCUT2D eigenvalue weighted by Gasteiger charge is -2.39. The molecule has 1 rings (SSSR count). The Morgan fingerprint density at radius 3 is 2.48 bits per heavy atom. The number of methoxy groups -OCH3 is 1. The predicted molar refractivity (Wildman–Crippen MR) is 79.8 cm³/mol. The number of carbonyl (C=O) groups excluding carboxylic acids is 2. The van der Waals surface area contributed by atoms with E-state index in [4.69, 9.17) is 4.74 Å². The van der Waals surface area contributed by atoms with E-state index in [9.17, 15) is 14.7 Å². The van der Waals surface area contributed by atoms with E-state index >= 15 is 0 Å². The maximum Gasteiger partial charge on any atom is 0.409 e. The topological polar surface area (TPSA) is 78.9 Å². The standard InChI is InChI=1S/C15H28N2O4/c1-6-12(18)10-7-11(16-13(19)15(2,3)4)9-17(8-10)14(20)21-5/h10-12,18H,6-9H2,1-5H3,(H,16,19). The van der Waals surface area contributed by atoms with Gasteiger partial charge in [0.15, 0.2) is 0 Å². The number of amides is 2. The summed E-state index contributed by atoms with van der Waals surface area (Å²) in [4.78, 5) is 25.4. The van der Waals surface area contributed by atoms with Crippen LogP contribution in [0.15, 0.2) is 0 Å². The van der Waals surface area contributed by atoms with Gasteiger partial charge in [0.2, 0.25) is 5.91 Å². The van der Waals surface area contributed by atoms with Crippen LogP contribution < -0.4 is 5.32 Å². The second-order valence-corrected chi connectivity index (χ2v) is 6.77. The number of hydrogen-bond donors (Lipinski definition) is 2. The van der Waals surface area contributed by atoms with Gasteiger partial charge in [0, 0.05) is 30.5 Å². The number of hydrogen-bond acceptors (Lipinski definition) is 4. The molecule has 3 unspecified atom stereocenters. The minimum Gasteiger partial charge on any atom is -0.453 e. The zero-order chi connectivity index (χ0) is 16.2. The van der Waals surface area contributed by atoms with E-state index in [0.717, 1.165) is 0 Å². The molecule has 0 aliphatic carbocycles. The van der Waals surface area contributed by atoms with Crippen molar-refractivity contribution in [1.82, 2.24) is 10.2 Å². The number of piperidine rings is 1. The lowest BCUT2D eigenvalue weighted by molar-refractivity contribution is -0.130. The van der Waals surface area contributed by atoms with E-state index in [1.54, 1.807) is 4.90 Å². The molecule has 122 valence electrons. The lowest BCUT2D eigenvalue weighted by Crippen LogP contribution is -2.55. The first-order valence-corrected chi connectivity index (χ1v) is 7.51. The SMILES string of the molecule is CCC(O)C1CC(NC(=O)C(C)(C)C)CN(C(=O)OC)C1. The summed E-state index contributed by atoms with van der Waals surface area (Å²) in [6.45, 7) is 8.33. The van der Waals surface area contributed by atoms with Gasteiger partial charge in [0.05, 0.1) is 13.2 Å². The van der Waals surface area contributed by atoms with Crippen LogP contribution in [0.2, 0.25) is 0 Å². The Hall–Kier alpha value is -1.30. The molecule has 1 saturated heterocycles. The van der Waals surface area contributed by atoms with Gasteiger partial charge < -0.3 is 20.1 Å². The average Bonchev–Trinajstić information content (AvgIpc) is 2.44. The number of aliphatic hydroxyl groups is 1. The number of aliphatic hydroxyl groups excluding tert-OH is 1. The summed E-state index contributed by atoms with van der Waals surface area (Å²) in [5.41, 5.74) is -0.480. The molecular formula is C15H28N2O4. The van der Waals surface area contributed by atoms with Gasteiger partial charge in [-0.05, 0) is 12.8 Å². The van der Waals surface area contributed by atoms with Crippen molar-refractivity contribution in [2.45, 2.75) is 52.7 Å². The van der Waals surface area contributed by atoms with Gasteiger partial charge in [-0.15, -0.1) is 0 Å². The Morgan fingerprint density at radius 2 is 2.00 bits per heavy atom. The number of nitrogens with zero attached hydrogens (tertiary/aromatic N) is 1. The fraction of sp³-hybridized carbons (Fsp3) is 0.867. The zero-order valence-corrected chi connectivity index (χ0v) is 13.7. The van der Waals surface area contributed by atoms with Crippen LogP contribution in [0.5, 0.6) is 0 Å². The molecule has 1 heterocycles. The van der Waals surface area contributed by atoms with Gasteiger partial charge in [-0.3, -0.25) is 4.79 Å². The highest BCUT2D eigenvalue weighted by Crippen LogP contribution is 2.23. The van der Waals surface area contributed by atoms with Gasteiger partial charge in [-0.1, -0.05) is 27.7 Å². The van der Waals surface area contributed by atoms with Crippen molar-refractivity contribution >= 4 is 12.0 Å². The van der Waals surface area contributed by atoms with Crippen molar-refractivity contribution in [3.05, 3.63) is 0 Å². The lowest BCUT2D eigenvalue weighted by atomic mass is 9.87. The number of carbonyl (C=O) groups is 2. The third-order valence-electron chi connectivity index (χ3n) is 3.89. The molecule has 0 radical (unpaired) electrons. The molecule has 6 heteroatoms. The Morgan fingerprint density at radius 1 is 1.38 bits per heavy atom. The third kappa shape index (κ3) is 4.88. The van der Waals surface area contributed by atoms with Crippen LogP contribution in [-0.2, 0) is 9.53 Å². The largest absolute Gasteiger partial charge is 0.453 e. The highest BCUT2D eigenvalue weighted by atomic mass is 16.5. The number of nitrogens with one attached hydrogen (secondary N) is 1. The summed E-state index contributed by atoms with van der Waals surface area (Å²) < 4.78 is 4.76. The molecule has 3 atom stereocenters. The van der Waals surface area contributed by atoms with Crippen LogP contribution >= 0.6 is 0 Å². The first-order chi connectivity index (χ1) is 9.68. The van der Waals surface area contributed by atoms with Gasteiger partial charge in [0.1, 0.15) is 0 Å². The van der Waals surface area contributed by atoms with Crippen LogP contribution in [0.25, 0.3) is 0 Å². The van der Waals surface area contributed by atoms with Crippen molar-refractivity contribution < 1.29 is 19.4 Å². The fourth-order valence-electron chi connectivity index (χ4n) is 2.53. The van der Waals surface area contributed by atoms with Crippen molar-refractivity contribution in [2.24, 2.45) is 11.3 Å². The van der Waals surface area contributed by atoms with Crippen LogP contribution in [0.1, 0.15) is 40.5 Å². The Balaban J connectivity index is 2.78. The van der Waals surface area contributed by atoms with Crippen LogP contribution in [0.4, 0.5) is 4.79 Å². The van der Waals surface area contributed by atoms with Gasteiger partial charge in [0.25, 0.3) is 0 Å². The monoisotopic (exact) mass is 300 g/mol. The molecule has 2 amide bonds. The second kappa shape index (κ2) is 7.11. The van der Waals surface area contributed by atoms with E-state index in [1.165, 1.54) is 7.11 Å². The third-order valence-corrected chi connectivity index (χ3v) is 3.89. The van der Waals surface area contributed by atoms with Crippen molar-refractivity contribution in [2.75, 3.05) is 20.2 Å².